The second-order valence-electron chi connectivity index (χ2n) is 5.99. The molecule has 1 aromatic carbocycles. The molecule has 6 heteroatoms. The number of anilines is 1. The highest BCUT2D eigenvalue weighted by Crippen LogP contribution is 2.25. The predicted molar refractivity (Wildman–Crippen MR) is 101 cm³/mol. The van der Waals surface area contributed by atoms with Crippen molar-refractivity contribution in [3.8, 4) is 17.0 Å². The highest BCUT2D eigenvalue weighted by molar-refractivity contribution is 5.62. The van der Waals surface area contributed by atoms with Crippen LogP contribution in [0.3, 0.4) is 0 Å². The number of hydrogen-bond donors (Lipinski definition) is 2. The van der Waals surface area contributed by atoms with Gasteiger partial charge in [-0.05, 0) is 38.1 Å². The maximum Gasteiger partial charge on any atom is 0.223 e. The molecule has 6 nitrogen and oxygen atoms in total. The molecule has 3 rings (SSSR count). The minimum atomic E-state index is -0.735. The Hall–Kier alpha value is -2.99. The van der Waals surface area contributed by atoms with Crippen LogP contribution in [0.15, 0.2) is 48.7 Å². The third-order valence-electron chi connectivity index (χ3n) is 4.11. The van der Waals surface area contributed by atoms with Gasteiger partial charge in [-0.25, -0.2) is 9.97 Å². The molecule has 0 saturated heterocycles. The lowest BCUT2D eigenvalue weighted by molar-refractivity contribution is 0.186. The summed E-state index contributed by atoms with van der Waals surface area (Å²) in [5.41, 5.74) is 4.37. The number of aryl methyl sites for hydroxylation is 2. The first-order valence-corrected chi connectivity index (χ1v) is 8.41. The lowest BCUT2D eigenvalue weighted by Gasteiger charge is -2.15. The smallest absolute Gasteiger partial charge is 0.223 e. The van der Waals surface area contributed by atoms with E-state index in [-0.39, 0.29) is 6.54 Å². The van der Waals surface area contributed by atoms with Crippen molar-refractivity contribution in [1.29, 1.82) is 0 Å². The number of aromatic nitrogens is 3. The summed E-state index contributed by atoms with van der Waals surface area (Å²) in [6, 6.07) is 13.2. The Bertz CT molecular complexity index is 898. The predicted octanol–water partition coefficient (Wildman–Crippen LogP) is 3.31. The van der Waals surface area contributed by atoms with E-state index in [1.54, 1.807) is 13.3 Å². The van der Waals surface area contributed by atoms with E-state index in [4.69, 9.17) is 4.74 Å². The molecule has 0 amide bonds. The van der Waals surface area contributed by atoms with Gasteiger partial charge in [-0.3, -0.25) is 4.98 Å². The monoisotopic (exact) mass is 350 g/mol. The van der Waals surface area contributed by atoms with Crippen molar-refractivity contribution in [2.24, 2.45) is 0 Å². The SMILES string of the molecule is COc1ccccc1[C@H](O)CNc1nccc(-c2ccc(C)nc2C)n1. The molecule has 2 N–H and O–H groups in total. The number of hydrogen-bond acceptors (Lipinski definition) is 6. The molecule has 1 atom stereocenters. The minimum absolute atomic E-state index is 0.273. The Balaban J connectivity index is 1.75. The number of aliphatic hydroxyl groups is 1. The lowest BCUT2D eigenvalue weighted by atomic mass is 10.1. The normalized spacial score (nSPS) is 11.8. The van der Waals surface area contributed by atoms with Crippen LogP contribution in [0.25, 0.3) is 11.3 Å². The number of benzene rings is 1. The van der Waals surface area contributed by atoms with Gasteiger partial charge in [-0.1, -0.05) is 18.2 Å². The minimum Gasteiger partial charge on any atom is -0.496 e. The van der Waals surface area contributed by atoms with E-state index in [1.807, 2.05) is 56.3 Å². The number of nitrogens with zero attached hydrogens (tertiary/aromatic N) is 3. The van der Waals surface area contributed by atoms with Crippen LogP contribution in [-0.2, 0) is 0 Å². The fourth-order valence-corrected chi connectivity index (χ4v) is 2.79. The molecule has 0 bridgehead atoms. The van der Waals surface area contributed by atoms with E-state index in [2.05, 4.69) is 20.3 Å². The van der Waals surface area contributed by atoms with Crippen LogP contribution in [0.4, 0.5) is 5.95 Å². The summed E-state index contributed by atoms with van der Waals surface area (Å²) in [5, 5.41) is 13.5. The first-order chi connectivity index (χ1) is 12.6. The van der Waals surface area contributed by atoms with Gasteiger partial charge in [0.1, 0.15) is 5.75 Å². The second kappa shape index (κ2) is 7.93. The first-order valence-electron chi connectivity index (χ1n) is 8.41. The molecule has 3 aromatic rings. The second-order valence-corrected chi connectivity index (χ2v) is 5.99. The van der Waals surface area contributed by atoms with Crippen LogP contribution in [-0.4, -0.2) is 33.7 Å². The molecule has 2 aromatic heterocycles. The molecule has 2 heterocycles. The summed E-state index contributed by atoms with van der Waals surface area (Å²) in [6.45, 7) is 4.20. The Morgan fingerprint density at radius 2 is 1.88 bits per heavy atom. The fourth-order valence-electron chi connectivity index (χ4n) is 2.79. The average Bonchev–Trinajstić information content (AvgIpc) is 2.66. The number of aliphatic hydroxyl groups excluding tert-OH is 1. The van der Waals surface area contributed by atoms with Gasteiger partial charge < -0.3 is 15.2 Å². The number of rotatable bonds is 6. The Labute approximate surface area is 152 Å². The zero-order valence-electron chi connectivity index (χ0n) is 15.1. The fraction of sp³-hybridized carbons (Fsp3) is 0.250. The molecule has 0 saturated carbocycles. The number of methoxy groups -OCH3 is 1. The Morgan fingerprint density at radius 1 is 1.08 bits per heavy atom. The van der Waals surface area contributed by atoms with Gasteiger partial charge in [0.2, 0.25) is 5.95 Å². The Kier molecular flexibility index (Phi) is 5.43. The van der Waals surface area contributed by atoms with Crippen molar-refractivity contribution in [2.45, 2.75) is 20.0 Å². The number of para-hydroxylation sites is 1. The molecule has 0 aliphatic heterocycles. The van der Waals surface area contributed by atoms with E-state index in [9.17, 15) is 5.11 Å². The largest absolute Gasteiger partial charge is 0.496 e. The van der Waals surface area contributed by atoms with Crippen LogP contribution in [0.2, 0.25) is 0 Å². The maximum absolute atomic E-state index is 10.4. The zero-order valence-corrected chi connectivity index (χ0v) is 15.1. The van der Waals surface area contributed by atoms with Crippen molar-refractivity contribution in [1.82, 2.24) is 15.0 Å². The topological polar surface area (TPSA) is 80.2 Å². The molecule has 0 radical (unpaired) electrons. The van der Waals surface area contributed by atoms with Gasteiger partial charge >= 0.3 is 0 Å². The molecule has 0 fully saturated rings. The number of nitrogens with one attached hydrogen (secondary N) is 1. The van der Waals surface area contributed by atoms with Crippen molar-refractivity contribution in [2.75, 3.05) is 19.0 Å². The first kappa shape index (κ1) is 17.8. The van der Waals surface area contributed by atoms with Crippen molar-refractivity contribution >= 4 is 5.95 Å². The van der Waals surface area contributed by atoms with Gasteiger partial charge in [0, 0.05) is 35.3 Å². The highest BCUT2D eigenvalue weighted by Gasteiger charge is 2.13. The molecule has 0 spiro atoms. The molecule has 0 aliphatic rings. The zero-order chi connectivity index (χ0) is 18.5. The van der Waals surface area contributed by atoms with Crippen molar-refractivity contribution in [3.63, 3.8) is 0 Å². The standard InChI is InChI=1S/C20H22N4O2/c1-13-8-9-15(14(2)23-13)17-10-11-21-20(24-17)22-12-18(25)16-6-4-5-7-19(16)26-3/h4-11,18,25H,12H2,1-3H3,(H,21,22,24)/t18-/m1/s1. The number of pyridine rings is 1. The van der Waals surface area contributed by atoms with Crippen molar-refractivity contribution in [3.05, 3.63) is 65.6 Å². The molecule has 134 valence electrons. The van der Waals surface area contributed by atoms with Crippen LogP contribution in [0.1, 0.15) is 23.1 Å². The van der Waals surface area contributed by atoms with E-state index in [0.29, 0.717) is 11.7 Å². The summed E-state index contributed by atoms with van der Waals surface area (Å²) in [7, 11) is 1.59. The summed E-state index contributed by atoms with van der Waals surface area (Å²) in [4.78, 5) is 13.3. The highest BCUT2D eigenvalue weighted by atomic mass is 16.5. The average molecular weight is 350 g/mol. The molecule has 26 heavy (non-hydrogen) atoms. The van der Waals surface area contributed by atoms with Crippen LogP contribution in [0.5, 0.6) is 5.75 Å². The summed E-state index contributed by atoms with van der Waals surface area (Å²) in [5.74, 6) is 1.11. The molecule has 0 aliphatic carbocycles. The summed E-state index contributed by atoms with van der Waals surface area (Å²) < 4.78 is 5.29. The van der Waals surface area contributed by atoms with Gasteiger partial charge in [-0.2, -0.15) is 0 Å². The maximum atomic E-state index is 10.4. The molecular weight excluding hydrogens is 328 g/mol. The Morgan fingerprint density at radius 3 is 2.65 bits per heavy atom. The summed E-state index contributed by atoms with van der Waals surface area (Å²) >= 11 is 0. The van der Waals surface area contributed by atoms with E-state index in [0.717, 1.165) is 28.2 Å². The van der Waals surface area contributed by atoms with Crippen LogP contribution < -0.4 is 10.1 Å². The lowest BCUT2D eigenvalue weighted by Crippen LogP contribution is -2.14. The van der Waals surface area contributed by atoms with Gasteiger partial charge in [-0.15, -0.1) is 0 Å². The van der Waals surface area contributed by atoms with Crippen molar-refractivity contribution < 1.29 is 9.84 Å². The van der Waals surface area contributed by atoms with E-state index >= 15 is 0 Å². The van der Waals surface area contributed by atoms with Gasteiger partial charge in [0.05, 0.1) is 18.9 Å². The third-order valence-corrected chi connectivity index (χ3v) is 4.11. The van der Waals surface area contributed by atoms with E-state index in [1.165, 1.54) is 0 Å². The summed E-state index contributed by atoms with van der Waals surface area (Å²) in [6.07, 6.45) is 0.959. The molecule has 0 unspecified atom stereocenters. The number of ether oxygens (including phenoxy) is 1. The third kappa shape index (κ3) is 3.97. The van der Waals surface area contributed by atoms with Crippen LogP contribution in [0, 0.1) is 13.8 Å². The quantitative estimate of drug-likeness (QED) is 0.710. The van der Waals surface area contributed by atoms with E-state index < -0.39 is 6.10 Å². The van der Waals surface area contributed by atoms with Gasteiger partial charge in [0.15, 0.2) is 0 Å². The van der Waals surface area contributed by atoms with Crippen LogP contribution >= 0.6 is 0 Å². The molecular formula is C20H22N4O2. The van der Waals surface area contributed by atoms with Gasteiger partial charge in [0.25, 0.3) is 0 Å².